The maximum atomic E-state index is 12.5. The molecule has 0 fully saturated rings. The number of rotatable bonds is 5. The van der Waals surface area contributed by atoms with E-state index in [0.717, 1.165) is 12.2 Å². The molecule has 0 saturated carbocycles. The first-order chi connectivity index (χ1) is 11.0. The van der Waals surface area contributed by atoms with E-state index in [9.17, 15) is 8.42 Å². The van der Waals surface area contributed by atoms with Crippen molar-refractivity contribution >= 4 is 10.0 Å². The lowest BCUT2D eigenvalue weighted by molar-refractivity contribution is 0.297. The second kappa shape index (κ2) is 6.64. The number of fused-ring (bicyclic) bond motifs is 1. The van der Waals surface area contributed by atoms with Gasteiger partial charge in [-0.2, -0.15) is 0 Å². The lowest BCUT2D eigenvalue weighted by Crippen LogP contribution is -2.34. The van der Waals surface area contributed by atoms with Crippen molar-refractivity contribution in [2.75, 3.05) is 13.2 Å². The molecule has 1 aromatic heterocycles. The summed E-state index contributed by atoms with van der Waals surface area (Å²) in [6.45, 7) is 2.87. The van der Waals surface area contributed by atoms with Crippen LogP contribution >= 0.6 is 0 Å². The van der Waals surface area contributed by atoms with E-state index in [1.807, 2.05) is 6.07 Å². The first kappa shape index (κ1) is 15.9. The Kier molecular flexibility index (Phi) is 4.58. The molecule has 1 aliphatic heterocycles. The highest BCUT2D eigenvalue weighted by atomic mass is 32.2. The van der Waals surface area contributed by atoms with E-state index >= 15 is 0 Å². The van der Waals surface area contributed by atoms with Crippen LogP contribution in [-0.4, -0.2) is 27.7 Å². The molecule has 2 heterocycles. The standard InChI is InChI=1S/C16H19NO5S/c1-12(10-13-4-2-7-20-13)17-23(18,19)14-5-6-15-16(11-14)22-9-3-8-21-15/h2,4-7,11-12,17H,3,8-10H2,1H3. The number of ether oxygens (including phenoxy) is 2. The maximum Gasteiger partial charge on any atom is 0.240 e. The summed E-state index contributed by atoms with van der Waals surface area (Å²) >= 11 is 0. The van der Waals surface area contributed by atoms with Gasteiger partial charge in [0, 0.05) is 24.9 Å². The van der Waals surface area contributed by atoms with Gasteiger partial charge in [0.1, 0.15) is 5.76 Å². The van der Waals surface area contributed by atoms with Gasteiger partial charge in [-0.05, 0) is 31.2 Å². The van der Waals surface area contributed by atoms with Crippen molar-refractivity contribution in [3.63, 3.8) is 0 Å². The van der Waals surface area contributed by atoms with E-state index in [1.165, 1.54) is 12.1 Å². The van der Waals surface area contributed by atoms with Gasteiger partial charge in [0.05, 0.1) is 24.4 Å². The molecule has 0 amide bonds. The maximum absolute atomic E-state index is 12.5. The molecule has 1 N–H and O–H groups in total. The summed E-state index contributed by atoms with van der Waals surface area (Å²) in [5.41, 5.74) is 0. The van der Waals surface area contributed by atoms with Gasteiger partial charge in [-0.25, -0.2) is 13.1 Å². The predicted octanol–water partition coefficient (Wildman–Crippen LogP) is 2.35. The molecule has 1 aromatic carbocycles. The summed E-state index contributed by atoms with van der Waals surface area (Å²) in [6.07, 6.45) is 2.83. The molecular weight excluding hydrogens is 318 g/mol. The van der Waals surface area contributed by atoms with Gasteiger partial charge in [-0.3, -0.25) is 0 Å². The summed E-state index contributed by atoms with van der Waals surface area (Å²) in [7, 11) is -3.64. The number of hydrogen-bond acceptors (Lipinski definition) is 5. The molecule has 0 bridgehead atoms. The molecule has 3 rings (SSSR count). The average molecular weight is 337 g/mol. The van der Waals surface area contributed by atoms with Crippen molar-refractivity contribution in [3.8, 4) is 11.5 Å². The minimum Gasteiger partial charge on any atom is -0.490 e. The largest absolute Gasteiger partial charge is 0.490 e. The predicted molar refractivity (Wildman–Crippen MR) is 84.2 cm³/mol. The monoisotopic (exact) mass is 337 g/mol. The van der Waals surface area contributed by atoms with Crippen molar-refractivity contribution in [1.29, 1.82) is 0 Å². The molecule has 0 spiro atoms. The highest BCUT2D eigenvalue weighted by molar-refractivity contribution is 7.89. The van der Waals surface area contributed by atoms with Crippen LogP contribution in [0, 0.1) is 0 Å². The van der Waals surface area contributed by atoms with E-state index in [1.54, 1.807) is 25.3 Å². The second-order valence-corrected chi connectivity index (χ2v) is 7.18. The van der Waals surface area contributed by atoms with E-state index in [2.05, 4.69) is 4.72 Å². The summed E-state index contributed by atoms with van der Waals surface area (Å²) in [5, 5.41) is 0. The summed E-state index contributed by atoms with van der Waals surface area (Å²) in [5.74, 6) is 1.77. The zero-order valence-corrected chi connectivity index (χ0v) is 13.6. The Morgan fingerprint density at radius 1 is 1.17 bits per heavy atom. The Bertz CT molecular complexity index is 755. The molecular formula is C16H19NO5S. The highest BCUT2D eigenvalue weighted by Gasteiger charge is 2.21. The number of sulfonamides is 1. The zero-order valence-electron chi connectivity index (χ0n) is 12.8. The van der Waals surface area contributed by atoms with Crippen LogP contribution in [0.2, 0.25) is 0 Å². The number of furan rings is 1. The van der Waals surface area contributed by atoms with Crippen LogP contribution in [0.3, 0.4) is 0 Å². The third kappa shape index (κ3) is 3.86. The minimum absolute atomic E-state index is 0.160. The SMILES string of the molecule is CC(Cc1ccco1)NS(=O)(=O)c1ccc2c(c1)OCCCO2. The lowest BCUT2D eigenvalue weighted by atomic mass is 10.2. The first-order valence-electron chi connectivity index (χ1n) is 7.49. The molecule has 124 valence electrons. The number of hydrogen-bond donors (Lipinski definition) is 1. The average Bonchev–Trinajstić information content (AvgIpc) is 2.88. The smallest absolute Gasteiger partial charge is 0.240 e. The quantitative estimate of drug-likeness (QED) is 0.906. The van der Waals surface area contributed by atoms with Gasteiger partial charge < -0.3 is 13.9 Å². The molecule has 1 atom stereocenters. The molecule has 1 aliphatic rings. The number of nitrogens with one attached hydrogen (secondary N) is 1. The van der Waals surface area contributed by atoms with E-state index in [0.29, 0.717) is 31.1 Å². The Hall–Kier alpha value is -1.99. The molecule has 0 aliphatic carbocycles. The van der Waals surface area contributed by atoms with Crippen molar-refractivity contribution < 1.29 is 22.3 Å². The molecule has 1 unspecified atom stereocenters. The Labute approximate surface area is 135 Å². The van der Waals surface area contributed by atoms with Crippen LogP contribution < -0.4 is 14.2 Å². The van der Waals surface area contributed by atoms with Crippen molar-refractivity contribution in [2.45, 2.75) is 30.7 Å². The van der Waals surface area contributed by atoms with Crippen LogP contribution in [-0.2, 0) is 16.4 Å². The molecule has 23 heavy (non-hydrogen) atoms. The lowest BCUT2D eigenvalue weighted by Gasteiger charge is -2.14. The Morgan fingerprint density at radius 3 is 2.70 bits per heavy atom. The minimum atomic E-state index is -3.64. The Balaban J connectivity index is 1.75. The van der Waals surface area contributed by atoms with Crippen molar-refractivity contribution in [2.24, 2.45) is 0 Å². The second-order valence-electron chi connectivity index (χ2n) is 5.46. The zero-order chi connectivity index (χ0) is 16.3. The van der Waals surface area contributed by atoms with Gasteiger partial charge in [0.2, 0.25) is 10.0 Å². The van der Waals surface area contributed by atoms with E-state index in [4.69, 9.17) is 13.9 Å². The third-order valence-corrected chi connectivity index (χ3v) is 5.06. The van der Waals surface area contributed by atoms with Crippen molar-refractivity contribution in [3.05, 3.63) is 42.4 Å². The summed E-state index contributed by atoms with van der Waals surface area (Å²) in [6, 6.07) is 7.96. The van der Waals surface area contributed by atoms with Crippen LogP contribution in [0.1, 0.15) is 19.1 Å². The summed E-state index contributed by atoms with van der Waals surface area (Å²) in [4.78, 5) is 0.160. The van der Waals surface area contributed by atoms with Gasteiger partial charge >= 0.3 is 0 Å². The van der Waals surface area contributed by atoms with Crippen LogP contribution in [0.25, 0.3) is 0 Å². The topological polar surface area (TPSA) is 77.8 Å². The van der Waals surface area contributed by atoms with Crippen molar-refractivity contribution in [1.82, 2.24) is 4.72 Å². The molecule has 0 saturated heterocycles. The van der Waals surface area contributed by atoms with Crippen LogP contribution in [0.5, 0.6) is 11.5 Å². The summed E-state index contributed by atoms with van der Waals surface area (Å²) < 4.78 is 44.0. The van der Waals surface area contributed by atoms with Gasteiger partial charge in [0.15, 0.2) is 11.5 Å². The Morgan fingerprint density at radius 2 is 1.96 bits per heavy atom. The fourth-order valence-corrected chi connectivity index (χ4v) is 3.67. The van der Waals surface area contributed by atoms with E-state index < -0.39 is 10.0 Å². The molecule has 0 radical (unpaired) electrons. The van der Waals surface area contributed by atoms with Gasteiger partial charge in [0.25, 0.3) is 0 Å². The van der Waals surface area contributed by atoms with Gasteiger partial charge in [-0.1, -0.05) is 0 Å². The normalized spacial score (nSPS) is 15.9. The molecule has 6 nitrogen and oxygen atoms in total. The fourth-order valence-electron chi connectivity index (χ4n) is 2.42. The third-order valence-electron chi connectivity index (χ3n) is 3.47. The molecule has 2 aromatic rings. The van der Waals surface area contributed by atoms with Gasteiger partial charge in [-0.15, -0.1) is 0 Å². The highest BCUT2D eigenvalue weighted by Crippen LogP contribution is 2.31. The number of benzene rings is 1. The molecule has 7 heteroatoms. The van der Waals surface area contributed by atoms with Crippen LogP contribution in [0.15, 0.2) is 45.9 Å². The fraction of sp³-hybridized carbons (Fsp3) is 0.375. The first-order valence-corrected chi connectivity index (χ1v) is 8.97. The van der Waals surface area contributed by atoms with E-state index in [-0.39, 0.29) is 10.9 Å². The van der Waals surface area contributed by atoms with Crippen LogP contribution in [0.4, 0.5) is 0 Å².